The average molecular weight is 392 g/mol. The molecule has 1 unspecified atom stereocenters. The molecule has 0 fully saturated rings. The van der Waals surface area contributed by atoms with Crippen LogP contribution in [0.25, 0.3) is 11.1 Å². The molecule has 112 valence electrons. The van der Waals surface area contributed by atoms with Crippen molar-refractivity contribution >= 4 is 38.1 Å². The van der Waals surface area contributed by atoms with E-state index in [1.54, 1.807) is 23.0 Å². The van der Waals surface area contributed by atoms with E-state index in [0.717, 1.165) is 14.9 Å². The highest BCUT2D eigenvalue weighted by molar-refractivity contribution is 9.10. The fraction of sp³-hybridized carbons (Fsp3) is 0.118. The SMILES string of the molecule is O=S(Cc1ccc(-c2cccc(Br)c2)cc1)Cc1cncs1. The Bertz CT molecular complexity index is 770. The molecule has 0 saturated heterocycles. The van der Waals surface area contributed by atoms with Crippen LogP contribution in [0, 0.1) is 0 Å². The Kier molecular flexibility index (Phi) is 5.18. The van der Waals surface area contributed by atoms with Gasteiger partial charge >= 0.3 is 0 Å². The Balaban J connectivity index is 1.68. The molecule has 1 heterocycles. The first-order valence-electron chi connectivity index (χ1n) is 6.78. The highest BCUT2D eigenvalue weighted by Gasteiger charge is 2.05. The molecule has 1 atom stereocenters. The molecule has 0 bridgehead atoms. The van der Waals surface area contributed by atoms with Gasteiger partial charge in [-0.2, -0.15) is 0 Å². The maximum atomic E-state index is 12.2. The smallest absolute Gasteiger partial charge is 0.0794 e. The van der Waals surface area contributed by atoms with Crippen LogP contribution in [0.5, 0.6) is 0 Å². The quantitative estimate of drug-likeness (QED) is 0.610. The van der Waals surface area contributed by atoms with Gasteiger partial charge in [-0.25, -0.2) is 0 Å². The van der Waals surface area contributed by atoms with Crippen LogP contribution in [0.1, 0.15) is 10.4 Å². The van der Waals surface area contributed by atoms with Gasteiger partial charge in [-0.3, -0.25) is 9.19 Å². The molecule has 0 radical (unpaired) electrons. The Morgan fingerprint density at radius 1 is 1.05 bits per heavy atom. The summed E-state index contributed by atoms with van der Waals surface area (Å²) in [6.45, 7) is 0. The molecule has 0 amide bonds. The van der Waals surface area contributed by atoms with Crippen molar-refractivity contribution in [2.24, 2.45) is 0 Å². The second kappa shape index (κ2) is 7.31. The van der Waals surface area contributed by atoms with Gasteiger partial charge in [0.1, 0.15) is 0 Å². The lowest BCUT2D eigenvalue weighted by Crippen LogP contribution is -1.98. The van der Waals surface area contributed by atoms with Crippen LogP contribution >= 0.6 is 27.3 Å². The summed E-state index contributed by atoms with van der Waals surface area (Å²) in [6, 6.07) is 16.5. The summed E-state index contributed by atoms with van der Waals surface area (Å²) in [4.78, 5) is 5.09. The number of benzene rings is 2. The Morgan fingerprint density at radius 3 is 2.55 bits per heavy atom. The molecule has 3 aromatic rings. The molecule has 0 N–H and O–H groups in total. The van der Waals surface area contributed by atoms with Gasteiger partial charge in [-0.1, -0.05) is 52.3 Å². The maximum absolute atomic E-state index is 12.2. The van der Waals surface area contributed by atoms with Crippen molar-refractivity contribution in [3.63, 3.8) is 0 Å². The van der Waals surface area contributed by atoms with Crippen LogP contribution in [-0.2, 0) is 22.3 Å². The van der Waals surface area contributed by atoms with E-state index in [9.17, 15) is 4.21 Å². The fourth-order valence-corrected chi connectivity index (χ4v) is 4.67. The second-order valence-corrected chi connectivity index (χ2v) is 8.25. The van der Waals surface area contributed by atoms with E-state index in [0.29, 0.717) is 11.5 Å². The van der Waals surface area contributed by atoms with Crippen molar-refractivity contribution in [3.05, 3.63) is 75.2 Å². The van der Waals surface area contributed by atoms with Gasteiger partial charge in [0.15, 0.2) is 0 Å². The number of aromatic nitrogens is 1. The first-order chi connectivity index (χ1) is 10.7. The predicted molar refractivity (Wildman–Crippen MR) is 97.2 cm³/mol. The van der Waals surface area contributed by atoms with Crippen LogP contribution in [-0.4, -0.2) is 9.19 Å². The third-order valence-electron chi connectivity index (χ3n) is 3.23. The first-order valence-corrected chi connectivity index (χ1v) is 9.94. The average Bonchev–Trinajstić information content (AvgIpc) is 3.01. The van der Waals surface area contributed by atoms with Crippen LogP contribution in [0.4, 0.5) is 0 Å². The molecule has 0 spiro atoms. The third kappa shape index (κ3) is 4.12. The zero-order chi connectivity index (χ0) is 15.4. The predicted octanol–water partition coefficient (Wildman–Crippen LogP) is 5.02. The van der Waals surface area contributed by atoms with Crippen molar-refractivity contribution in [3.8, 4) is 11.1 Å². The minimum Gasteiger partial charge on any atom is -0.259 e. The number of nitrogens with zero attached hydrogens (tertiary/aromatic N) is 1. The Labute approximate surface area is 144 Å². The lowest BCUT2D eigenvalue weighted by Gasteiger charge is -2.05. The first kappa shape index (κ1) is 15.6. The van der Waals surface area contributed by atoms with Gasteiger partial charge in [0.25, 0.3) is 0 Å². The summed E-state index contributed by atoms with van der Waals surface area (Å²) >= 11 is 5.04. The van der Waals surface area contributed by atoms with Crippen molar-refractivity contribution in [2.45, 2.75) is 11.5 Å². The molecule has 0 saturated carbocycles. The van der Waals surface area contributed by atoms with Crippen LogP contribution in [0.15, 0.2) is 64.7 Å². The summed E-state index contributed by atoms with van der Waals surface area (Å²) in [7, 11) is -0.892. The van der Waals surface area contributed by atoms with Gasteiger partial charge in [0, 0.05) is 32.1 Å². The zero-order valence-electron chi connectivity index (χ0n) is 11.7. The van der Waals surface area contributed by atoms with E-state index < -0.39 is 10.8 Å². The lowest BCUT2D eigenvalue weighted by atomic mass is 10.0. The molecule has 5 heteroatoms. The van der Waals surface area contributed by atoms with Crippen LogP contribution in [0.3, 0.4) is 0 Å². The van der Waals surface area contributed by atoms with Crippen molar-refractivity contribution in [1.29, 1.82) is 0 Å². The van der Waals surface area contributed by atoms with E-state index >= 15 is 0 Å². The molecule has 0 aliphatic heterocycles. The van der Waals surface area contributed by atoms with Gasteiger partial charge in [0.05, 0.1) is 11.3 Å². The summed E-state index contributed by atoms with van der Waals surface area (Å²) in [6.07, 6.45) is 1.79. The number of hydrogen-bond acceptors (Lipinski definition) is 3. The zero-order valence-corrected chi connectivity index (χ0v) is 15.0. The van der Waals surface area contributed by atoms with E-state index in [4.69, 9.17) is 0 Å². The second-order valence-electron chi connectivity index (χ2n) is 4.90. The summed E-state index contributed by atoms with van der Waals surface area (Å²) in [5, 5.41) is 0. The molecule has 1 aromatic heterocycles. The van der Waals surface area contributed by atoms with Crippen LogP contribution in [0.2, 0.25) is 0 Å². The topological polar surface area (TPSA) is 30.0 Å². The van der Waals surface area contributed by atoms with E-state index in [-0.39, 0.29) is 0 Å². The third-order valence-corrected chi connectivity index (χ3v) is 5.97. The van der Waals surface area contributed by atoms with Gasteiger partial charge < -0.3 is 0 Å². The standard InChI is InChI=1S/C17H14BrNOS2/c18-16-3-1-2-15(8-16)14-6-4-13(5-7-14)10-22(20)11-17-9-19-12-21-17/h1-9,12H,10-11H2. The molecular formula is C17H14BrNOS2. The minimum absolute atomic E-state index is 0.580. The molecular weight excluding hydrogens is 378 g/mol. The van der Waals surface area contributed by atoms with Gasteiger partial charge in [0.2, 0.25) is 0 Å². The lowest BCUT2D eigenvalue weighted by molar-refractivity contribution is 0.682. The molecule has 3 rings (SSSR count). The van der Waals surface area contributed by atoms with Crippen molar-refractivity contribution in [2.75, 3.05) is 0 Å². The normalized spacial score (nSPS) is 12.2. The van der Waals surface area contributed by atoms with E-state index in [1.165, 1.54) is 11.1 Å². The van der Waals surface area contributed by atoms with E-state index in [2.05, 4.69) is 57.3 Å². The fourth-order valence-electron chi connectivity index (χ4n) is 2.17. The number of rotatable bonds is 5. The van der Waals surface area contributed by atoms with Crippen molar-refractivity contribution < 1.29 is 4.21 Å². The molecule has 2 nitrogen and oxygen atoms in total. The number of hydrogen-bond donors (Lipinski definition) is 0. The van der Waals surface area contributed by atoms with Crippen molar-refractivity contribution in [1.82, 2.24) is 4.98 Å². The number of halogens is 1. The summed E-state index contributed by atoms with van der Waals surface area (Å²) < 4.78 is 13.2. The maximum Gasteiger partial charge on any atom is 0.0794 e. The molecule has 0 aliphatic carbocycles. The summed E-state index contributed by atoms with van der Waals surface area (Å²) in [5.74, 6) is 1.16. The summed E-state index contributed by atoms with van der Waals surface area (Å²) in [5.41, 5.74) is 5.21. The van der Waals surface area contributed by atoms with Crippen LogP contribution < -0.4 is 0 Å². The molecule has 0 aliphatic rings. The Hall–Kier alpha value is -1.30. The Morgan fingerprint density at radius 2 is 1.86 bits per heavy atom. The van der Waals surface area contributed by atoms with Gasteiger partial charge in [-0.15, -0.1) is 11.3 Å². The monoisotopic (exact) mass is 391 g/mol. The largest absolute Gasteiger partial charge is 0.259 e. The van der Waals surface area contributed by atoms with E-state index in [1.807, 2.05) is 12.1 Å². The van der Waals surface area contributed by atoms with Gasteiger partial charge in [-0.05, 0) is 28.8 Å². The number of thiazole rings is 1. The molecule has 2 aromatic carbocycles. The highest BCUT2D eigenvalue weighted by Crippen LogP contribution is 2.23. The highest BCUT2D eigenvalue weighted by atomic mass is 79.9. The molecule has 22 heavy (non-hydrogen) atoms. The minimum atomic E-state index is -0.892.